The molecule has 6 heteroatoms. The van der Waals surface area contributed by atoms with Gasteiger partial charge in [-0.05, 0) is 24.3 Å². The van der Waals surface area contributed by atoms with Crippen LogP contribution in [-0.4, -0.2) is 6.34 Å². The summed E-state index contributed by atoms with van der Waals surface area (Å²) in [7, 11) is 0. The van der Waals surface area contributed by atoms with Crippen molar-refractivity contribution in [3.63, 3.8) is 0 Å². The van der Waals surface area contributed by atoms with Gasteiger partial charge < -0.3 is 5.73 Å². The molecule has 2 rings (SSSR count). The van der Waals surface area contributed by atoms with Crippen LogP contribution in [0.5, 0.6) is 0 Å². The Morgan fingerprint density at radius 1 is 1.23 bits per heavy atom. The van der Waals surface area contributed by atoms with E-state index in [4.69, 9.17) is 5.73 Å². The van der Waals surface area contributed by atoms with Gasteiger partial charge >= 0.3 is 0 Å². The Morgan fingerprint density at radius 2 is 1.92 bits per heavy atom. The molecule has 0 spiro atoms. The molecule has 1 aromatic rings. The monoisotopic (exact) mass is 199 g/mol. The zero-order chi connectivity index (χ0) is 8.39. The molecule has 0 saturated heterocycles. The number of nitrogens with zero attached hydrogens (tertiary/aromatic N) is 2. The molecule has 0 atom stereocenters. The first-order chi connectivity index (χ1) is 5.86. The number of halogens is 1. The van der Waals surface area contributed by atoms with E-state index in [1.165, 1.54) is 0 Å². The molecule has 70 valence electrons. The van der Waals surface area contributed by atoms with Gasteiger partial charge in [0.15, 0.2) is 0 Å². The number of hydrazine groups is 2. The molecule has 0 amide bonds. The smallest absolute Gasteiger partial charge is 0.131 e. The van der Waals surface area contributed by atoms with Crippen LogP contribution in [0.15, 0.2) is 29.4 Å². The largest absolute Gasteiger partial charge is 0.399 e. The van der Waals surface area contributed by atoms with Crippen molar-refractivity contribution in [3.05, 3.63) is 24.3 Å². The van der Waals surface area contributed by atoms with Gasteiger partial charge in [0.05, 0.1) is 5.69 Å². The molecule has 0 aromatic heterocycles. The molecule has 0 bridgehead atoms. The summed E-state index contributed by atoms with van der Waals surface area (Å²) in [6, 6.07) is 7.45. The van der Waals surface area contributed by atoms with E-state index in [0.717, 1.165) is 11.4 Å². The fourth-order valence-corrected chi connectivity index (χ4v) is 0.958. The first-order valence-corrected chi connectivity index (χ1v) is 3.55. The second-order valence-corrected chi connectivity index (χ2v) is 2.41. The van der Waals surface area contributed by atoms with Crippen LogP contribution >= 0.6 is 12.4 Å². The molecule has 0 unspecified atom stereocenters. The summed E-state index contributed by atoms with van der Waals surface area (Å²) in [5.74, 6) is 0. The lowest BCUT2D eigenvalue weighted by Crippen LogP contribution is -2.38. The fraction of sp³-hybridized carbons (Fsp3) is 0. The number of nitrogen functional groups attached to an aromatic ring is 1. The van der Waals surface area contributed by atoms with Crippen molar-refractivity contribution in [2.24, 2.45) is 5.10 Å². The molecule has 4 N–H and O–H groups in total. The fourth-order valence-electron chi connectivity index (χ4n) is 0.958. The van der Waals surface area contributed by atoms with E-state index >= 15 is 0 Å². The minimum atomic E-state index is 0. The number of nitrogens with one attached hydrogen (secondary N) is 2. The van der Waals surface area contributed by atoms with Crippen LogP contribution in [0.2, 0.25) is 0 Å². The van der Waals surface area contributed by atoms with Crippen molar-refractivity contribution in [2.75, 3.05) is 10.9 Å². The minimum absolute atomic E-state index is 0. The summed E-state index contributed by atoms with van der Waals surface area (Å²) in [6.45, 7) is 0. The first kappa shape index (κ1) is 9.47. The van der Waals surface area contributed by atoms with Gasteiger partial charge in [0.2, 0.25) is 0 Å². The normalized spacial score (nSPS) is 13.1. The van der Waals surface area contributed by atoms with Gasteiger partial charge in [-0.1, -0.05) is 0 Å². The van der Waals surface area contributed by atoms with Crippen molar-refractivity contribution < 1.29 is 0 Å². The molecule has 1 aliphatic heterocycles. The Hall–Kier alpha value is -1.62. The topological polar surface area (TPSA) is 65.7 Å². The molecule has 5 nitrogen and oxygen atoms in total. The first-order valence-electron chi connectivity index (χ1n) is 3.55. The highest BCUT2D eigenvalue weighted by molar-refractivity contribution is 5.85. The number of hydrogen-bond donors (Lipinski definition) is 3. The standard InChI is InChI=1S/C7H9N5.ClH/c8-6-1-3-7(4-2-6)12-10-5-9-11-12;/h1-5,11H,8H2,(H,9,10);1H. The Labute approximate surface area is 81.9 Å². The quantitative estimate of drug-likeness (QED) is 0.575. The SMILES string of the molecule is Cl.Nc1ccc(N2NC=NN2)cc1. The van der Waals surface area contributed by atoms with Crippen LogP contribution in [-0.2, 0) is 0 Å². The van der Waals surface area contributed by atoms with Crippen LogP contribution in [0, 0.1) is 0 Å². The third kappa shape index (κ3) is 1.94. The number of rotatable bonds is 1. The molecule has 13 heavy (non-hydrogen) atoms. The Bertz CT molecular complexity index is 288. The van der Waals surface area contributed by atoms with Crippen molar-refractivity contribution in [1.82, 2.24) is 11.0 Å². The summed E-state index contributed by atoms with van der Waals surface area (Å²) in [6.07, 6.45) is 1.57. The van der Waals surface area contributed by atoms with Gasteiger partial charge in [-0.25, -0.2) is 0 Å². The van der Waals surface area contributed by atoms with E-state index in [0.29, 0.717) is 0 Å². The number of nitrogens with two attached hydrogens (primary N) is 1. The highest BCUT2D eigenvalue weighted by Gasteiger charge is 2.05. The second-order valence-electron chi connectivity index (χ2n) is 2.41. The van der Waals surface area contributed by atoms with Crippen LogP contribution in [0.1, 0.15) is 0 Å². The highest BCUT2D eigenvalue weighted by Crippen LogP contribution is 2.13. The van der Waals surface area contributed by atoms with Gasteiger partial charge in [0, 0.05) is 5.69 Å². The third-order valence-corrected chi connectivity index (χ3v) is 1.56. The lowest BCUT2D eigenvalue weighted by Gasteiger charge is -2.16. The minimum Gasteiger partial charge on any atom is -0.399 e. The van der Waals surface area contributed by atoms with E-state index in [2.05, 4.69) is 16.1 Å². The van der Waals surface area contributed by atoms with Gasteiger partial charge in [-0.2, -0.15) is 10.7 Å². The number of hydrogen-bond acceptors (Lipinski definition) is 5. The molecule has 1 aromatic carbocycles. The van der Waals surface area contributed by atoms with Crippen molar-refractivity contribution in [3.8, 4) is 0 Å². The van der Waals surface area contributed by atoms with Crippen molar-refractivity contribution in [1.29, 1.82) is 0 Å². The maximum atomic E-state index is 5.53. The molecular weight excluding hydrogens is 190 g/mol. The molecule has 0 aliphatic carbocycles. The lowest BCUT2D eigenvalue weighted by molar-refractivity contribution is 0.685. The Balaban J connectivity index is 0.000000845. The van der Waals surface area contributed by atoms with Gasteiger partial charge in [-0.3, -0.25) is 5.43 Å². The summed E-state index contributed by atoms with van der Waals surface area (Å²) in [5, 5.41) is 5.45. The lowest BCUT2D eigenvalue weighted by atomic mass is 10.3. The summed E-state index contributed by atoms with van der Waals surface area (Å²) in [5.41, 5.74) is 12.9. The predicted molar refractivity (Wildman–Crippen MR) is 55.3 cm³/mol. The van der Waals surface area contributed by atoms with Gasteiger partial charge in [0.25, 0.3) is 0 Å². The zero-order valence-electron chi connectivity index (χ0n) is 6.77. The summed E-state index contributed by atoms with van der Waals surface area (Å²) < 4.78 is 0. The van der Waals surface area contributed by atoms with E-state index in [9.17, 15) is 0 Å². The molecular formula is C7H10ClN5. The predicted octanol–water partition coefficient (Wildman–Crippen LogP) is 0.463. The van der Waals surface area contributed by atoms with E-state index in [1.54, 1.807) is 11.5 Å². The summed E-state index contributed by atoms with van der Waals surface area (Å²) >= 11 is 0. The van der Waals surface area contributed by atoms with Crippen LogP contribution in [0.3, 0.4) is 0 Å². The maximum absolute atomic E-state index is 5.53. The zero-order valence-corrected chi connectivity index (χ0v) is 7.58. The van der Waals surface area contributed by atoms with Crippen LogP contribution in [0.25, 0.3) is 0 Å². The van der Waals surface area contributed by atoms with E-state index < -0.39 is 0 Å². The van der Waals surface area contributed by atoms with Crippen LogP contribution < -0.4 is 21.8 Å². The second kappa shape index (κ2) is 3.86. The maximum Gasteiger partial charge on any atom is 0.131 e. The molecule has 0 radical (unpaired) electrons. The molecule has 0 saturated carbocycles. The van der Waals surface area contributed by atoms with Crippen molar-refractivity contribution >= 4 is 30.1 Å². The Kier molecular flexibility index (Phi) is 2.81. The Morgan fingerprint density at radius 3 is 2.46 bits per heavy atom. The molecule has 1 heterocycles. The number of hydrazone groups is 1. The highest BCUT2D eigenvalue weighted by atomic mass is 35.5. The molecule has 1 aliphatic rings. The number of anilines is 2. The van der Waals surface area contributed by atoms with Crippen LogP contribution in [0.4, 0.5) is 11.4 Å². The van der Waals surface area contributed by atoms with Gasteiger partial charge in [-0.15, -0.1) is 17.5 Å². The van der Waals surface area contributed by atoms with Gasteiger partial charge in [0.1, 0.15) is 6.34 Å². The third-order valence-electron chi connectivity index (χ3n) is 1.56. The number of benzene rings is 1. The van der Waals surface area contributed by atoms with E-state index in [-0.39, 0.29) is 12.4 Å². The average molecular weight is 200 g/mol. The average Bonchev–Trinajstić information content (AvgIpc) is 2.58. The summed E-state index contributed by atoms with van der Waals surface area (Å²) in [4.78, 5) is 0. The molecule has 0 fully saturated rings. The van der Waals surface area contributed by atoms with Crippen molar-refractivity contribution in [2.45, 2.75) is 0 Å². The van der Waals surface area contributed by atoms with E-state index in [1.807, 2.05) is 24.3 Å².